The molecule has 0 saturated carbocycles. The summed E-state index contributed by atoms with van der Waals surface area (Å²) in [6.07, 6.45) is 1.07. The summed E-state index contributed by atoms with van der Waals surface area (Å²) in [4.78, 5) is 14.2. The maximum Gasteiger partial charge on any atom is 0.413 e. The van der Waals surface area contributed by atoms with Crippen LogP contribution in [-0.2, 0) is 4.74 Å². The van der Waals surface area contributed by atoms with Crippen LogP contribution in [0.2, 0.25) is 0 Å². The number of rotatable bonds is 2. The molecule has 1 aliphatic heterocycles. The minimum absolute atomic E-state index is 0.212. The second-order valence-corrected chi connectivity index (χ2v) is 1.94. The van der Waals surface area contributed by atoms with Crippen molar-refractivity contribution in [2.24, 2.45) is 4.99 Å². The molecular formula is C7H8N2O2. The van der Waals surface area contributed by atoms with Gasteiger partial charge in [-0.05, 0) is 6.72 Å². The molecule has 0 unspecified atom stereocenters. The van der Waals surface area contributed by atoms with E-state index in [2.05, 4.69) is 28.3 Å². The third-order valence-electron chi connectivity index (χ3n) is 1.29. The molecule has 1 aliphatic rings. The Kier molecular flexibility index (Phi) is 2.06. The van der Waals surface area contributed by atoms with Gasteiger partial charge in [0.05, 0.1) is 0 Å². The maximum absolute atomic E-state index is 10.6. The summed E-state index contributed by atoms with van der Waals surface area (Å²) in [5.74, 6) is 0.427. The van der Waals surface area contributed by atoms with Gasteiger partial charge in [-0.25, -0.2) is 9.79 Å². The highest BCUT2D eigenvalue weighted by Gasteiger charge is 2.14. The van der Waals surface area contributed by atoms with Crippen molar-refractivity contribution in [2.45, 2.75) is 0 Å². The number of alkyl carbamates (subject to hydrolysis) is 1. The van der Waals surface area contributed by atoms with Crippen LogP contribution in [0.25, 0.3) is 0 Å². The first-order chi connectivity index (χ1) is 5.27. The van der Waals surface area contributed by atoms with Gasteiger partial charge in [-0.2, -0.15) is 0 Å². The lowest BCUT2D eigenvalue weighted by Gasteiger charge is -2.15. The summed E-state index contributed by atoms with van der Waals surface area (Å²) in [5, 5.41) is 2.39. The summed E-state index contributed by atoms with van der Waals surface area (Å²) in [6, 6.07) is 0. The van der Waals surface area contributed by atoms with E-state index in [4.69, 9.17) is 0 Å². The quantitative estimate of drug-likeness (QED) is 0.595. The molecule has 1 heterocycles. The molecule has 0 aliphatic carbocycles. The van der Waals surface area contributed by atoms with Crippen LogP contribution in [-0.4, -0.2) is 19.4 Å². The number of cyclic esters (lactones) is 1. The summed E-state index contributed by atoms with van der Waals surface area (Å²) >= 11 is 0. The van der Waals surface area contributed by atoms with E-state index in [1.165, 1.54) is 0 Å². The fourth-order valence-corrected chi connectivity index (χ4v) is 0.721. The SMILES string of the molecule is C=CC1=C(N=C)NC(=O)OC1. The summed E-state index contributed by atoms with van der Waals surface area (Å²) in [5.41, 5.74) is 0.736. The fraction of sp³-hybridized carbons (Fsp3) is 0.143. The number of amides is 1. The molecule has 0 aromatic carbocycles. The van der Waals surface area contributed by atoms with Gasteiger partial charge in [0, 0.05) is 5.57 Å². The molecule has 11 heavy (non-hydrogen) atoms. The van der Waals surface area contributed by atoms with E-state index in [0.29, 0.717) is 5.82 Å². The predicted octanol–water partition coefficient (Wildman–Crippen LogP) is 0.824. The highest BCUT2D eigenvalue weighted by atomic mass is 16.5. The van der Waals surface area contributed by atoms with Gasteiger partial charge in [0.15, 0.2) is 0 Å². The Labute approximate surface area is 64.3 Å². The van der Waals surface area contributed by atoms with Crippen LogP contribution in [0, 0.1) is 0 Å². The second-order valence-electron chi connectivity index (χ2n) is 1.94. The Hall–Kier alpha value is -1.58. The summed E-state index contributed by atoms with van der Waals surface area (Å²) in [7, 11) is 0. The molecular weight excluding hydrogens is 144 g/mol. The zero-order valence-electron chi connectivity index (χ0n) is 5.96. The first kappa shape index (κ1) is 7.53. The number of nitrogens with one attached hydrogen (secondary N) is 1. The van der Waals surface area contributed by atoms with Crippen molar-refractivity contribution in [1.82, 2.24) is 5.32 Å². The number of hydrogen-bond donors (Lipinski definition) is 1. The van der Waals surface area contributed by atoms with Crippen LogP contribution in [0.3, 0.4) is 0 Å². The van der Waals surface area contributed by atoms with Crippen molar-refractivity contribution >= 4 is 12.8 Å². The third-order valence-corrected chi connectivity index (χ3v) is 1.29. The van der Waals surface area contributed by atoms with E-state index in [9.17, 15) is 4.79 Å². The van der Waals surface area contributed by atoms with Crippen molar-refractivity contribution in [3.05, 3.63) is 24.0 Å². The summed E-state index contributed by atoms with van der Waals surface area (Å²) < 4.78 is 4.65. The van der Waals surface area contributed by atoms with Crippen LogP contribution >= 0.6 is 0 Å². The first-order valence-corrected chi connectivity index (χ1v) is 3.04. The minimum atomic E-state index is -0.502. The Morgan fingerprint density at radius 1 is 1.73 bits per heavy atom. The predicted molar refractivity (Wildman–Crippen MR) is 41.3 cm³/mol. The van der Waals surface area contributed by atoms with Crippen LogP contribution in [0.1, 0.15) is 0 Å². The maximum atomic E-state index is 10.6. The number of ether oxygens (including phenoxy) is 1. The average Bonchev–Trinajstić information content (AvgIpc) is 2.04. The molecule has 0 aromatic heterocycles. The molecule has 0 radical (unpaired) electrons. The number of hydrogen-bond acceptors (Lipinski definition) is 3. The highest BCUT2D eigenvalue weighted by molar-refractivity contribution is 5.72. The number of aliphatic imine (C=N–C) groups is 1. The van der Waals surface area contributed by atoms with Crippen LogP contribution in [0.15, 0.2) is 29.0 Å². The molecule has 58 valence electrons. The smallest absolute Gasteiger partial charge is 0.413 e. The van der Waals surface area contributed by atoms with Gasteiger partial charge in [-0.1, -0.05) is 12.7 Å². The van der Waals surface area contributed by atoms with Crippen molar-refractivity contribution in [1.29, 1.82) is 0 Å². The normalized spacial score (nSPS) is 16.9. The van der Waals surface area contributed by atoms with E-state index >= 15 is 0 Å². The first-order valence-electron chi connectivity index (χ1n) is 3.04. The van der Waals surface area contributed by atoms with E-state index in [0.717, 1.165) is 5.57 Å². The molecule has 0 fully saturated rings. The van der Waals surface area contributed by atoms with Gasteiger partial charge >= 0.3 is 6.09 Å². The molecule has 0 spiro atoms. The van der Waals surface area contributed by atoms with Gasteiger partial charge < -0.3 is 4.74 Å². The van der Waals surface area contributed by atoms with E-state index < -0.39 is 6.09 Å². The molecule has 4 heteroatoms. The van der Waals surface area contributed by atoms with Gasteiger partial charge in [0.25, 0.3) is 0 Å². The van der Waals surface area contributed by atoms with Crippen LogP contribution < -0.4 is 5.32 Å². The molecule has 0 atom stereocenters. The van der Waals surface area contributed by atoms with Gasteiger partial charge in [0.2, 0.25) is 0 Å². The molecule has 1 rings (SSSR count). The van der Waals surface area contributed by atoms with Crippen molar-refractivity contribution < 1.29 is 9.53 Å². The monoisotopic (exact) mass is 152 g/mol. The number of nitrogens with zero attached hydrogens (tertiary/aromatic N) is 1. The Balaban J connectivity index is 2.91. The number of carbonyl (C=O) groups is 1. The van der Waals surface area contributed by atoms with Crippen molar-refractivity contribution in [2.75, 3.05) is 6.61 Å². The van der Waals surface area contributed by atoms with Gasteiger partial charge in [-0.15, -0.1) is 0 Å². The Morgan fingerprint density at radius 2 is 2.45 bits per heavy atom. The Morgan fingerprint density at radius 3 is 3.00 bits per heavy atom. The number of carbonyl (C=O) groups excluding carboxylic acids is 1. The topological polar surface area (TPSA) is 50.7 Å². The largest absolute Gasteiger partial charge is 0.444 e. The zero-order valence-corrected chi connectivity index (χ0v) is 5.96. The summed E-state index contributed by atoms with van der Waals surface area (Å²) in [6.45, 7) is 7.03. The fourth-order valence-electron chi connectivity index (χ4n) is 0.721. The molecule has 1 amide bonds. The lowest BCUT2D eigenvalue weighted by atomic mass is 10.2. The molecule has 0 bridgehead atoms. The van der Waals surface area contributed by atoms with Crippen LogP contribution in [0.5, 0.6) is 0 Å². The van der Waals surface area contributed by atoms with E-state index in [1.54, 1.807) is 6.08 Å². The second kappa shape index (κ2) is 3.01. The van der Waals surface area contributed by atoms with E-state index in [1.807, 2.05) is 0 Å². The standard InChI is InChI=1S/C7H8N2O2/c1-3-5-4-11-7(10)9-6(5)8-2/h3H,1-2,4H2,(H,9,10). The molecule has 0 aromatic rings. The lowest BCUT2D eigenvalue weighted by molar-refractivity contribution is 0.153. The van der Waals surface area contributed by atoms with Gasteiger partial charge in [0.1, 0.15) is 12.4 Å². The van der Waals surface area contributed by atoms with E-state index in [-0.39, 0.29) is 6.61 Å². The Bertz CT molecular complexity index is 243. The molecule has 0 saturated heterocycles. The highest BCUT2D eigenvalue weighted by Crippen LogP contribution is 2.09. The lowest BCUT2D eigenvalue weighted by Crippen LogP contribution is -2.29. The average molecular weight is 152 g/mol. The third kappa shape index (κ3) is 1.46. The van der Waals surface area contributed by atoms with Crippen LogP contribution in [0.4, 0.5) is 4.79 Å². The van der Waals surface area contributed by atoms with Crippen molar-refractivity contribution in [3.63, 3.8) is 0 Å². The van der Waals surface area contributed by atoms with Gasteiger partial charge in [-0.3, -0.25) is 5.32 Å². The molecule has 4 nitrogen and oxygen atoms in total. The minimum Gasteiger partial charge on any atom is -0.444 e. The molecule has 1 N–H and O–H groups in total. The van der Waals surface area contributed by atoms with Crippen molar-refractivity contribution in [3.8, 4) is 0 Å². The zero-order chi connectivity index (χ0) is 8.27.